The molecule has 0 heterocycles. The zero-order valence-electron chi connectivity index (χ0n) is 10.6. The first-order chi connectivity index (χ1) is 7.04. The van der Waals surface area contributed by atoms with Gasteiger partial charge in [0.1, 0.15) is 0 Å². The minimum absolute atomic E-state index is 0. The molecule has 1 atom stereocenters. The van der Waals surface area contributed by atoms with E-state index in [0.717, 1.165) is 6.26 Å². The summed E-state index contributed by atoms with van der Waals surface area (Å²) < 4.78 is 23.7. The highest BCUT2D eigenvalue weighted by Crippen LogP contribution is 2.16. The van der Waals surface area contributed by atoms with E-state index in [0.29, 0.717) is 0 Å². The number of carbonyl (C=O) groups is 1. The first kappa shape index (κ1) is 19.0. The Bertz CT molecular complexity index is 338. The number of nitrogens with one attached hydrogen (secondary N) is 2. The molecule has 0 saturated carbocycles. The maximum Gasteiger partial charge on any atom is 0.237 e. The van der Waals surface area contributed by atoms with Gasteiger partial charge in [0.25, 0.3) is 0 Å². The molecular weight excluding hydrogens is 266 g/mol. The lowest BCUT2D eigenvalue weighted by molar-refractivity contribution is -0.124. The highest BCUT2D eigenvalue weighted by molar-refractivity contribution is 7.88. The van der Waals surface area contributed by atoms with E-state index in [4.69, 9.17) is 5.73 Å². The molecule has 0 radical (unpaired) electrons. The van der Waals surface area contributed by atoms with Gasteiger partial charge in [-0.25, -0.2) is 13.1 Å². The summed E-state index contributed by atoms with van der Waals surface area (Å²) in [6.07, 6.45) is 1.07. The molecule has 0 aliphatic rings. The van der Waals surface area contributed by atoms with E-state index in [2.05, 4.69) is 10.0 Å². The smallest absolute Gasteiger partial charge is 0.237 e. The van der Waals surface area contributed by atoms with E-state index in [9.17, 15) is 13.2 Å². The first-order valence-electron chi connectivity index (χ1n) is 5.02. The van der Waals surface area contributed by atoms with Crippen molar-refractivity contribution in [3.63, 3.8) is 0 Å². The van der Waals surface area contributed by atoms with E-state index < -0.39 is 16.1 Å². The predicted molar refractivity (Wildman–Crippen MR) is 70.5 cm³/mol. The van der Waals surface area contributed by atoms with Crippen LogP contribution in [0.1, 0.15) is 20.8 Å². The summed E-state index contributed by atoms with van der Waals surface area (Å²) in [5.41, 5.74) is 5.40. The van der Waals surface area contributed by atoms with Gasteiger partial charge < -0.3 is 11.1 Å². The van der Waals surface area contributed by atoms with Gasteiger partial charge in [0, 0.05) is 13.1 Å². The molecule has 0 bridgehead atoms. The standard InChI is InChI=1S/C9H21N3O3S.ClH/c1-9(2,3)7(10)8(13)11-5-6-12-16(4,14)15;/h7,12H,5-6,10H2,1-4H3,(H,11,13);1H/t7-;/m1./s1. The summed E-state index contributed by atoms with van der Waals surface area (Å²) in [4.78, 5) is 11.5. The molecule has 0 spiro atoms. The molecule has 1 amide bonds. The third-order valence-corrected chi connectivity index (χ3v) is 2.73. The Morgan fingerprint density at radius 1 is 1.29 bits per heavy atom. The van der Waals surface area contributed by atoms with Gasteiger partial charge in [-0.1, -0.05) is 20.8 Å². The van der Waals surface area contributed by atoms with Crippen molar-refractivity contribution in [1.29, 1.82) is 0 Å². The van der Waals surface area contributed by atoms with Crippen LogP contribution in [0.5, 0.6) is 0 Å². The fraction of sp³-hybridized carbons (Fsp3) is 0.889. The van der Waals surface area contributed by atoms with Crippen molar-refractivity contribution in [3.05, 3.63) is 0 Å². The lowest BCUT2D eigenvalue weighted by Gasteiger charge is -2.25. The van der Waals surface area contributed by atoms with Crippen LogP contribution in [-0.2, 0) is 14.8 Å². The molecule has 0 aliphatic carbocycles. The number of carbonyl (C=O) groups excluding carboxylic acids is 1. The van der Waals surface area contributed by atoms with Crippen molar-refractivity contribution >= 4 is 28.3 Å². The quantitative estimate of drug-likeness (QED) is 0.590. The minimum Gasteiger partial charge on any atom is -0.353 e. The first-order valence-corrected chi connectivity index (χ1v) is 6.91. The van der Waals surface area contributed by atoms with Crippen LogP contribution < -0.4 is 15.8 Å². The molecule has 0 unspecified atom stereocenters. The fourth-order valence-electron chi connectivity index (χ4n) is 0.925. The number of sulfonamides is 1. The number of amides is 1. The van der Waals surface area contributed by atoms with E-state index in [-0.39, 0.29) is 36.8 Å². The highest BCUT2D eigenvalue weighted by atomic mass is 35.5. The third-order valence-electron chi connectivity index (χ3n) is 2.00. The molecule has 4 N–H and O–H groups in total. The summed E-state index contributed by atoms with van der Waals surface area (Å²) in [5.74, 6) is -0.275. The van der Waals surface area contributed by atoms with Crippen molar-refractivity contribution in [2.45, 2.75) is 26.8 Å². The summed E-state index contributed by atoms with van der Waals surface area (Å²) in [6.45, 7) is 6.00. The summed E-state index contributed by atoms with van der Waals surface area (Å²) in [6, 6.07) is -0.606. The third kappa shape index (κ3) is 9.34. The molecule has 6 nitrogen and oxygen atoms in total. The molecule has 0 fully saturated rings. The minimum atomic E-state index is -3.20. The predicted octanol–water partition coefficient (Wildman–Crippen LogP) is -0.553. The molecule has 8 heteroatoms. The number of hydrogen-bond donors (Lipinski definition) is 3. The van der Waals surface area contributed by atoms with Crippen LogP contribution >= 0.6 is 12.4 Å². The Labute approximate surface area is 109 Å². The summed E-state index contributed by atoms with van der Waals surface area (Å²) >= 11 is 0. The molecule has 0 rings (SSSR count). The number of hydrogen-bond acceptors (Lipinski definition) is 4. The van der Waals surface area contributed by atoms with Crippen molar-refractivity contribution in [3.8, 4) is 0 Å². The van der Waals surface area contributed by atoms with Crippen LogP contribution in [0.3, 0.4) is 0 Å². The van der Waals surface area contributed by atoms with Gasteiger partial charge in [0.05, 0.1) is 12.3 Å². The van der Waals surface area contributed by atoms with E-state index in [1.54, 1.807) is 0 Å². The topological polar surface area (TPSA) is 101 Å². The van der Waals surface area contributed by atoms with Gasteiger partial charge >= 0.3 is 0 Å². The Morgan fingerprint density at radius 3 is 2.12 bits per heavy atom. The van der Waals surface area contributed by atoms with Gasteiger partial charge in [0.15, 0.2) is 0 Å². The van der Waals surface area contributed by atoms with Crippen molar-refractivity contribution in [2.75, 3.05) is 19.3 Å². The Morgan fingerprint density at radius 2 is 1.76 bits per heavy atom. The van der Waals surface area contributed by atoms with E-state index >= 15 is 0 Å². The fourth-order valence-corrected chi connectivity index (χ4v) is 1.40. The number of halogens is 1. The molecular formula is C9H22ClN3O3S. The molecule has 0 aromatic heterocycles. The average molecular weight is 288 g/mol. The number of nitrogens with two attached hydrogens (primary N) is 1. The average Bonchev–Trinajstić information content (AvgIpc) is 2.07. The second-order valence-corrected chi connectivity index (χ2v) is 6.63. The van der Waals surface area contributed by atoms with E-state index in [1.165, 1.54) is 0 Å². The van der Waals surface area contributed by atoms with Crippen molar-refractivity contribution in [2.24, 2.45) is 11.1 Å². The van der Waals surface area contributed by atoms with Crippen LogP contribution in [0.4, 0.5) is 0 Å². The molecule has 0 aromatic carbocycles. The zero-order chi connectivity index (χ0) is 13.0. The monoisotopic (exact) mass is 287 g/mol. The van der Waals surface area contributed by atoms with Crippen LogP contribution in [0.2, 0.25) is 0 Å². The van der Waals surface area contributed by atoms with Crippen LogP contribution in [0.25, 0.3) is 0 Å². The Kier molecular flexibility index (Phi) is 7.98. The maximum atomic E-state index is 11.5. The maximum absolute atomic E-state index is 11.5. The van der Waals surface area contributed by atoms with Gasteiger partial charge in [-0.3, -0.25) is 4.79 Å². The van der Waals surface area contributed by atoms with Crippen molar-refractivity contribution in [1.82, 2.24) is 10.0 Å². The van der Waals surface area contributed by atoms with Crippen LogP contribution in [0.15, 0.2) is 0 Å². The molecule has 17 heavy (non-hydrogen) atoms. The lowest BCUT2D eigenvalue weighted by atomic mass is 9.87. The van der Waals surface area contributed by atoms with Gasteiger partial charge in [-0.2, -0.15) is 0 Å². The second kappa shape index (κ2) is 7.15. The normalized spacial score (nSPS) is 13.7. The summed E-state index contributed by atoms with van der Waals surface area (Å²) in [5, 5.41) is 2.57. The molecule has 0 saturated heterocycles. The highest BCUT2D eigenvalue weighted by Gasteiger charge is 2.26. The lowest BCUT2D eigenvalue weighted by Crippen LogP contribution is -2.49. The number of rotatable bonds is 5. The Balaban J connectivity index is 0. The zero-order valence-corrected chi connectivity index (χ0v) is 12.2. The van der Waals surface area contributed by atoms with E-state index in [1.807, 2.05) is 20.8 Å². The SMILES string of the molecule is CC(C)(C)[C@H](N)C(=O)NCCNS(C)(=O)=O.Cl. The van der Waals surface area contributed by atoms with Crippen molar-refractivity contribution < 1.29 is 13.2 Å². The van der Waals surface area contributed by atoms with Crippen LogP contribution in [-0.4, -0.2) is 39.7 Å². The van der Waals surface area contributed by atoms with Gasteiger partial charge in [0.2, 0.25) is 15.9 Å². The molecule has 0 aliphatic heterocycles. The largest absolute Gasteiger partial charge is 0.353 e. The summed E-state index contributed by atoms with van der Waals surface area (Å²) in [7, 11) is -3.20. The second-order valence-electron chi connectivity index (χ2n) is 4.80. The van der Waals surface area contributed by atoms with Gasteiger partial charge in [-0.15, -0.1) is 12.4 Å². The molecule has 104 valence electrons. The van der Waals surface area contributed by atoms with Gasteiger partial charge in [-0.05, 0) is 5.41 Å². The molecule has 0 aromatic rings. The van der Waals surface area contributed by atoms with Crippen LogP contribution in [0, 0.1) is 5.41 Å². The Hall–Kier alpha value is -0.370.